The van der Waals surface area contributed by atoms with Gasteiger partial charge >= 0.3 is 17.9 Å². The summed E-state index contributed by atoms with van der Waals surface area (Å²) in [5, 5.41) is 26.2. The van der Waals surface area contributed by atoms with Crippen LogP contribution in [0, 0.1) is 11.8 Å². The van der Waals surface area contributed by atoms with Gasteiger partial charge in [-0.25, -0.2) is 14.4 Å². The smallest absolute Gasteiger partial charge is 0.352 e. The topological polar surface area (TPSA) is 185 Å². The van der Waals surface area contributed by atoms with E-state index >= 15 is 0 Å². The Kier molecular flexibility index (Phi) is 12.2. The molecule has 0 radical (unpaired) electrons. The number of esters is 1. The summed E-state index contributed by atoms with van der Waals surface area (Å²) in [4.78, 5) is 73.1. The van der Waals surface area contributed by atoms with Crippen LogP contribution in [0.4, 0.5) is 11.4 Å². The predicted molar refractivity (Wildman–Crippen MR) is 191 cm³/mol. The van der Waals surface area contributed by atoms with E-state index in [4.69, 9.17) is 9.47 Å². The van der Waals surface area contributed by atoms with Gasteiger partial charge in [-0.15, -0.1) is 0 Å². The van der Waals surface area contributed by atoms with Crippen LogP contribution in [0.15, 0.2) is 78.9 Å². The molecule has 12 heteroatoms. The number of benzene rings is 3. The summed E-state index contributed by atoms with van der Waals surface area (Å²) in [6, 6.07) is 21.3. The second-order valence-corrected chi connectivity index (χ2v) is 13.5. The number of anilines is 2. The van der Waals surface area contributed by atoms with Crippen LogP contribution in [-0.4, -0.2) is 64.5 Å². The monoisotopic (exact) mass is 712 g/mol. The minimum absolute atomic E-state index is 0.0172. The second-order valence-electron chi connectivity index (χ2n) is 13.5. The molecular formula is C40H44N2O10. The number of carbonyl (C=O) groups is 6. The summed E-state index contributed by atoms with van der Waals surface area (Å²) in [7, 11) is 1.11. The predicted octanol–water partition coefficient (Wildman–Crippen LogP) is 6.47. The summed E-state index contributed by atoms with van der Waals surface area (Å²) in [5.41, 5.74) is -2.37. The summed E-state index contributed by atoms with van der Waals surface area (Å²) in [6.07, 6.45) is 8.81. The van der Waals surface area contributed by atoms with Crippen molar-refractivity contribution >= 4 is 47.4 Å². The molecule has 3 aromatic carbocycles. The lowest BCUT2D eigenvalue weighted by atomic mass is 9.77. The lowest BCUT2D eigenvalue weighted by Gasteiger charge is -2.40. The van der Waals surface area contributed by atoms with Crippen LogP contribution >= 0.6 is 0 Å². The molecule has 0 heterocycles. The molecule has 0 aromatic heterocycles. The van der Waals surface area contributed by atoms with Crippen LogP contribution in [0.1, 0.15) is 96.4 Å². The number of carbonyl (C=O) groups excluding carboxylic acids is 4. The number of ether oxygens (including phenoxy) is 2. The van der Waals surface area contributed by atoms with Crippen molar-refractivity contribution in [1.29, 1.82) is 0 Å². The Labute approximate surface area is 301 Å². The SMILES string of the molecule is COC1(C(=O)O)CCC(c2ccccc2)C1(OC(=O)c1ccc(NC(=O)C2CCCC2)cc1)C(=O)O.O=Cc1ccc(NC(=O)C2CCCC2)cc1. The van der Waals surface area contributed by atoms with Gasteiger partial charge in [-0.3, -0.25) is 14.4 Å². The molecule has 6 rings (SSSR count). The van der Waals surface area contributed by atoms with Gasteiger partial charge in [0.2, 0.25) is 17.4 Å². The minimum Gasteiger partial charge on any atom is -0.479 e. The molecule has 3 unspecified atom stereocenters. The van der Waals surface area contributed by atoms with Gasteiger partial charge in [0.25, 0.3) is 5.60 Å². The van der Waals surface area contributed by atoms with Gasteiger partial charge in [0.1, 0.15) is 6.29 Å². The van der Waals surface area contributed by atoms with E-state index in [0.717, 1.165) is 70.4 Å². The van der Waals surface area contributed by atoms with Crippen LogP contribution in [0.3, 0.4) is 0 Å². The highest BCUT2D eigenvalue weighted by atomic mass is 16.6. The number of nitrogens with one attached hydrogen (secondary N) is 2. The molecule has 0 spiro atoms. The molecule has 0 aliphatic heterocycles. The van der Waals surface area contributed by atoms with Crippen molar-refractivity contribution in [3.63, 3.8) is 0 Å². The van der Waals surface area contributed by atoms with E-state index in [0.29, 0.717) is 16.8 Å². The van der Waals surface area contributed by atoms with Crippen molar-refractivity contribution in [3.8, 4) is 0 Å². The number of amides is 2. The molecule has 4 N–H and O–H groups in total. The molecule has 3 aliphatic carbocycles. The van der Waals surface area contributed by atoms with Crippen LogP contribution < -0.4 is 10.6 Å². The Morgan fingerprint density at radius 2 is 1.19 bits per heavy atom. The maximum Gasteiger partial charge on any atom is 0.352 e. The van der Waals surface area contributed by atoms with Crippen LogP contribution in [-0.2, 0) is 28.7 Å². The van der Waals surface area contributed by atoms with E-state index in [2.05, 4.69) is 10.6 Å². The van der Waals surface area contributed by atoms with Crippen molar-refractivity contribution in [2.45, 2.75) is 81.3 Å². The Morgan fingerprint density at radius 3 is 1.63 bits per heavy atom. The second kappa shape index (κ2) is 16.8. The molecule has 3 fully saturated rings. The minimum atomic E-state index is -2.51. The van der Waals surface area contributed by atoms with Crippen LogP contribution in [0.2, 0.25) is 0 Å². The highest BCUT2D eigenvalue weighted by Gasteiger charge is 2.73. The Bertz CT molecular complexity index is 1750. The molecule has 52 heavy (non-hydrogen) atoms. The van der Waals surface area contributed by atoms with E-state index in [9.17, 15) is 39.0 Å². The van der Waals surface area contributed by atoms with Gasteiger partial charge in [0, 0.05) is 41.8 Å². The molecular weight excluding hydrogens is 668 g/mol. The number of hydrogen-bond acceptors (Lipinski definition) is 8. The molecule has 0 saturated heterocycles. The lowest BCUT2D eigenvalue weighted by Crippen LogP contribution is -2.65. The number of aliphatic carboxylic acids is 2. The number of carboxylic acids is 2. The van der Waals surface area contributed by atoms with Gasteiger partial charge in [0.05, 0.1) is 5.56 Å². The van der Waals surface area contributed by atoms with Crippen LogP contribution in [0.5, 0.6) is 0 Å². The highest BCUT2D eigenvalue weighted by molar-refractivity contribution is 5.99. The number of carboxylic acid groups (broad SMARTS) is 2. The van der Waals surface area contributed by atoms with E-state index in [1.807, 2.05) is 0 Å². The Morgan fingerprint density at radius 1 is 0.692 bits per heavy atom. The molecule has 2 amide bonds. The molecule has 12 nitrogen and oxygen atoms in total. The number of methoxy groups -OCH3 is 1. The molecule has 3 aromatic rings. The summed E-state index contributed by atoms with van der Waals surface area (Å²) < 4.78 is 11.0. The van der Waals surface area contributed by atoms with Gasteiger partial charge in [-0.2, -0.15) is 0 Å². The summed E-state index contributed by atoms with van der Waals surface area (Å²) in [5.74, 6) is -4.91. The van der Waals surface area contributed by atoms with Crippen molar-refractivity contribution in [1.82, 2.24) is 0 Å². The third-order valence-corrected chi connectivity index (χ3v) is 10.5. The quantitative estimate of drug-likeness (QED) is 0.127. The average Bonchev–Trinajstić information content (AvgIpc) is 3.95. The summed E-state index contributed by atoms with van der Waals surface area (Å²) in [6.45, 7) is 0. The maximum absolute atomic E-state index is 13.2. The van der Waals surface area contributed by atoms with E-state index in [-0.39, 0.29) is 42.1 Å². The van der Waals surface area contributed by atoms with E-state index < -0.39 is 35.0 Å². The van der Waals surface area contributed by atoms with Crippen LogP contribution in [0.25, 0.3) is 0 Å². The maximum atomic E-state index is 13.2. The lowest BCUT2D eigenvalue weighted by molar-refractivity contribution is -0.208. The zero-order valence-corrected chi connectivity index (χ0v) is 29.0. The van der Waals surface area contributed by atoms with Crippen molar-refractivity contribution in [2.75, 3.05) is 17.7 Å². The molecule has 3 atom stereocenters. The third-order valence-electron chi connectivity index (χ3n) is 10.5. The fraction of sp³-hybridized carbons (Fsp3) is 0.400. The number of aldehydes is 1. The van der Waals surface area contributed by atoms with E-state index in [1.165, 1.54) is 24.3 Å². The standard InChI is InChI=1S/C27H29NO8.C13H15NO2/c1-35-26(24(31)32)16-15-21(17-7-3-2-4-8-17)27(26,25(33)34)36-23(30)19-11-13-20(14-12-19)28-22(29)18-9-5-6-10-18;15-9-10-5-7-12(8-6-10)14-13(16)11-3-1-2-4-11/h2-4,7-8,11-14,18,21H,5-6,9-10,15-16H2,1H3,(H,28,29)(H,31,32)(H,33,34);5-9,11H,1-4H2,(H,14,16). The first kappa shape index (κ1) is 37.9. The fourth-order valence-corrected chi connectivity index (χ4v) is 7.63. The highest BCUT2D eigenvalue weighted by Crippen LogP contribution is 2.54. The average molecular weight is 713 g/mol. The van der Waals surface area contributed by atoms with Gasteiger partial charge < -0.3 is 30.3 Å². The first-order chi connectivity index (χ1) is 25.0. The number of rotatable bonds is 11. The zero-order valence-electron chi connectivity index (χ0n) is 29.0. The molecule has 3 aliphatic rings. The Hall–Kier alpha value is -5.36. The van der Waals surface area contributed by atoms with Crippen molar-refractivity contribution < 1.29 is 48.5 Å². The normalized spacial score (nSPS) is 22.8. The van der Waals surface area contributed by atoms with Crippen molar-refractivity contribution in [3.05, 3.63) is 95.6 Å². The summed E-state index contributed by atoms with van der Waals surface area (Å²) >= 11 is 0. The van der Waals surface area contributed by atoms with Crippen molar-refractivity contribution in [2.24, 2.45) is 11.8 Å². The zero-order chi connectivity index (χ0) is 37.3. The first-order valence-electron chi connectivity index (χ1n) is 17.6. The molecule has 3 saturated carbocycles. The van der Waals surface area contributed by atoms with E-state index in [1.54, 1.807) is 54.6 Å². The fourth-order valence-electron chi connectivity index (χ4n) is 7.63. The molecule has 0 bridgehead atoms. The largest absolute Gasteiger partial charge is 0.479 e. The van der Waals surface area contributed by atoms with Gasteiger partial charge in [-0.05, 0) is 92.6 Å². The van der Waals surface area contributed by atoms with Gasteiger partial charge in [0.15, 0.2) is 0 Å². The third kappa shape index (κ3) is 7.91. The van der Waals surface area contributed by atoms with Gasteiger partial charge in [-0.1, -0.05) is 56.0 Å². The molecule has 274 valence electrons. The first-order valence-corrected chi connectivity index (χ1v) is 17.6. The Balaban J connectivity index is 0.000000272. The number of hydrogen-bond donors (Lipinski definition) is 4.